The number of phenols is 1. The van der Waals surface area contributed by atoms with Gasteiger partial charge in [-0.05, 0) is 101 Å². The first kappa shape index (κ1) is 39.3. The molecular weight excluding hydrogens is 653 g/mol. The molecule has 3 unspecified atom stereocenters. The van der Waals surface area contributed by atoms with Gasteiger partial charge in [0.1, 0.15) is 16.2 Å². The highest BCUT2D eigenvalue weighted by Gasteiger charge is 2.39. The van der Waals surface area contributed by atoms with Crippen LogP contribution in [-0.4, -0.2) is 77.9 Å². The molecule has 1 heterocycles. The third kappa shape index (κ3) is 10.4. The quantitative estimate of drug-likeness (QED) is 0.194. The van der Waals surface area contributed by atoms with Crippen molar-refractivity contribution in [2.75, 3.05) is 32.4 Å². The first-order valence-corrected chi connectivity index (χ1v) is 19.0. The Kier molecular flexibility index (Phi) is 13.5. The number of hydrogen-bond donors (Lipinski definition) is 3. The van der Waals surface area contributed by atoms with Crippen LogP contribution in [0.4, 0.5) is 4.79 Å². The summed E-state index contributed by atoms with van der Waals surface area (Å²) in [7, 11) is -3.62. The van der Waals surface area contributed by atoms with E-state index < -0.39 is 33.1 Å². The molecule has 266 valence electrons. The van der Waals surface area contributed by atoms with Crippen molar-refractivity contribution in [1.82, 2.24) is 9.21 Å². The zero-order valence-corrected chi connectivity index (χ0v) is 31.0. The number of carboxylic acids is 1. The van der Waals surface area contributed by atoms with Crippen LogP contribution in [0.1, 0.15) is 77.2 Å². The fourth-order valence-electron chi connectivity index (χ4n) is 5.53. The van der Waals surface area contributed by atoms with Crippen LogP contribution in [-0.2, 0) is 30.8 Å². The van der Waals surface area contributed by atoms with Crippen molar-refractivity contribution in [3.63, 3.8) is 0 Å². The molecule has 4 N–H and O–H groups in total. The number of para-hydroxylation sites is 1. The van der Waals surface area contributed by atoms with Gasteiger partial charge in [-0.1, -0.05) is 45.8 Å². The van der Waals surface area contributed by atoms with Crippen molar-refractivity contribution in [3.05, 3.63) is 70.7 Å². The minimum atomic E-state index is -4.02. The molecule has 3 atom stereocenters. The number of sulfonamides is 1. The number of carbonyl (C=O) groups excluding carboxylic acids is 1. The molecule has 11 nitrogen and oxygen atoms in total. The van der Waals surface area contributed by atoms with Gasteiger partial charge in [0.25, 0.3) is 0 Å². The van der Waals surface area contributed by atoms with Gasteiger partial charge in [-0.25, -0.2) is 13.2 Å². The molecule has 1 fully saturated rings. The lowest BCUT2D eigenvalue weighted by molar-refractivity contribution is -0.156. The summed E-state index contributed by atoms with van der Waals surface area (Å²) in [6.07, 6.45) is 1.62. The highest BCUT2D eigenvalue weighted by molar-refractivity contribution is 7.89. The van der Waals surface area contributed by atoms with Gasteiger partial charge >= 0.3 is 12.1 Å². The Hall–Kier alpha value is -3.18. The van der Waals surface area contributed by atoms with E-state index >= 15 is 0 Å². The Labute approximate surface area is 287 Å². The predicted molar refractivity (Wildman–Crippen MR) is 189 cm³/mol. The van der Waals surface area contributed by atoms with Crippen LogP contribution in [0.25, 0.3) is 0 Å². The molecule has 2 aromatic rings. The molecule has 0 spiro atoms. The summed E-state index contributed by atoms with van der Waals surface area (Å²) in [5.74, 6) is 0.867. The molecule has 48 heavy (non-hydrogen) atoms. The first-order chi connectivity index (χ1) is 22.4. The second-order valence-corrected chi connectivity index (χ2v) is 16.9. The number of likely N-dealkylation sites (tertiary alicyclic amines) is 1. The van der Waals surface area contributed by atoms with Crippen LogP contribution in [0.5, 0.6) is 5.75 Å². The third-order valence-electron chi connectivity index (χ3n) is 8.35. The Morgan fingerprint density at radius 1 is 1.17 bits per heavy atom. The number of phenolic OH excluding ortho intramolecular Hbond substituents is 1. The van der Waals surface area contributed by atoms with Gasteiger partial charge in [-0.2, -0.15) is 4.31 Å². The fourth-order valence-corrected chi connectivity index (χ4v) is 8.17. The lowest BCUT2D eigenvalue weighted by Gasteiger charge is -2.34. The maximum atomic E-state index is 13.4. The Bertz CT molecular complexity index is 1570. The van der Waals surface area contributed by atoms with Crippen molar-refractivity contribution in [1.29, 1.82) is 0 Å². The Morgan fingerprint density at radius 3 is 2.48 bits per heavy atom. The van der Waals surface area contributed by atoms with E-state index in [1.807, 2.05) is 39.6 Å². The molecule has 0 aromatic heterocycles. The average molecular weight is 706 g/mol. The monoisotopic (exact) mass is 705 g/mol. The van der Waals surface area contributed by atoms with Crippen molar-refractivity contribution in [3.8, 4) is 5.75 Å². The summed E-state index contributed by atoms with van der Waals surface area (Å²) in [6.45, 7) is 13.8. The van der Waals surface area contributed by atoms with E-state index in [-0.39, 0.29) is 36.4 Å². The van der Waals surface area contributed by atoms with Crippen LogP contribution in [0.2, 0.25) is 0 Å². The highest BCUT2D eigenvalue weighted by atomic mass is 32.2. The molecule has 1 amide bonds. The Balaban J connectivity index is 1.73. The molecule has 0 radical (unpaired) electrons. The van der Waals surface area contributed by atoms with Gasteiger partial charge < -0.3 is 30.3 Å². The molecule has 0 saturated carbocycles. The largest absolute Gasteiger partial charge is 0.507 e. The number of nitrogens with two attached hydrogens (primary N) is 1. The van der Waals surface area contributed by atoms with Gasteiger partial charge in [0.05, 0.1) is 18.1 Å². The molecule has 1 aliphatic heterocycles. The zero-order chi connectivity index (χ0) is 35.9. The standard InChI is InChI=1S/C35H52N3O8PS/c1-8-38(48(43,44)30-14-10-9-13-29(30)39)20-27-18-26(16-15-24(27)2)31(35(6,7)32(40)41)45-21-28(36)23-47-22-25-12-11-17-37(19-25)33(42)46-34(3,4)5/h9-10,13-16,18,23,25,31,39,47H,8,11-12,17,19-22,36H2,1-7H3,(H,40,41)/b28-23-. The minimum Gasteiger partial charge on any atom is -0.507 e. The van der Waals surface area contributed by atoms with E-state index in [0.717, 1.165) is 24.6 Å². The van der Waals surface area contributed by atoms with Crippen LogP contribution in [0, 0.1) is 18.3 Å². The molecule has 2 aromatic carbocycles. The highest BCUT2D eigenvalue weighted by Crippen LogP contribution is 2.38. The second kappa shape index (κ2) is 16.5. The zero-order valence-electron chi connectivity index (χ0n) is 29.2. The van der Waals surface area contributed by atoms with E-state index in [1.165, 1.54) is 16.4 Å². The lowest BCUT2D eigenvalue weighted by Crippen LogP contribution is -2.43. The molecule has 3 rings (SSSR count). The summed E-state index contributed by atoms with van der Waals surface area (Å²) in [6, 6.07) is 11.2. The van der Waals surface area contributed by atoms with Gasteiger partial charge in [0.15, 0.2) is 0 Å². The number of hydrogen-bond acceptors (Lipinski definition) is 8. The number of aromatic hydroxyl groups is 1. The summed E-state index contributed by atoms with van der Waals surface area (Å²) in [5, 5.41) is 20.4. The number of carboxylic acid groups (broad SMARTS) is 1. The molecule has 0 bridgehead atoms. The first-order valence-electron chi connectivity index (χ1n) is 16.2. The van der Waals surface area contributed by atoms with E-state index in [2.05, 4.69) is 0 Å². The number of nitrogens with zero attached hydrogens (tertiary/aromatic N) is 2. The summed E-state index contributed by atoms with van der Waals surface area (Å²) < 4.78 is 39.9. The predicted octanol–water partition coefficient (Wildman–Crippen LogP) is 6.21. The van der Waals surface area contributed by atoms with Crippen molar-refractivity contribution in [2.45, 2.75) is 84.5 Å². The van der Waals surface area contributed by atoms with Crippen molar-refractivity contribution in [2.24, 2.45) is 17.1 Å². The minimum absolute atomic E-state index is 0.00896. The van der Waals surface area contributed by atoms with Crippen molar-refractivity contribution < 1.29 is 37.7 Å². The average Bonchev–Trinajstić information content (AvgIpc) is 3.00. The number of ether oxygens (including phenoxy) is 2. The van der Waals surface area contributed by atoms with Crippen LogP contribution in [0.3, 0.4) is 0 Å². The van der Waals surface area contributed by atoms with Gasteiger partial charge in [-0.3, -0.25) is 4.79 Å². The van der Waals surface area contributed by atoms with E-state index in [9.17, 15) is 28.2 Å². The number of aryl methyl sites for hydroxylation is 1. The van der Waals surface area contributed by atoms with E-state index in [1.54, 1.807) is 49.9 Å². The summed E-state index contributed by atoms with van der Waals surface area (Å²) >= 11 is 0. The third-order valence-corrected chi connectivity index (χ3v) is 11.7. The van der Waals surface area contributed by atoms with Crippen LogP contribution in [0.15, 0.2) is 58.9 Å². The SMILES string of the molecule is CCN(Cc1cc(C(OC/C(N)=C/PCC2CCCN(C(=O)OC(C)(C)C)C2)C(C)(C)C(=O)O)ccc1C)S(=O)(=O)c1ccccc1O. The molecule has 13 heteroatoms. The van der Waals surface area contributed by atoms with E-state index in [0.29, 0.717) is 44.4 Å². The Morgan fingerprint density at radius 2 is 1.85 bits per heavy atom. The number of rotatable bonds is 14. The number of benzene rings is 2. The number of amides is 1. The maximum absolute atomic E-state index is 13.4. The molecular formula is C35H52N3O8PS. The van der Waals surface area contributed by atoms with Gasteiger partial charge in [0.2, 0.25) is 10.0 Å². The molecule has 0 aliphatic carbocycles. The molecule has 1 aliphatic rings. The van der Waals surface area contributed by atoms with E-state index in [4.69, 9.17) is 15.2 Å². The van der Waals surface area contributed by atoms with Gasteiger partial charge in [0, 0.05) is 31.9 Å². The number of carbonyl (C=O) groups is 2. The topological polar surface area (TPSA) is 160 Å². The fraction of sp³-hybridized carbons (Fsp3) is 0.543. The lowest BCUT2D eigenvalue weighted by atomic mass is 9.81. The maximum Gasteiger partial charge on any atom is 0.410 e. The summed E-state index contributed by atoms with van der Waals surface area (Å²) in [5.41, 5.74) is 7.04. The van der Waals surface area contributed by atoms with Crippen LogP contribution >= 0.6 is 8.58 Å². The second-order valence-electron chi connectivity index (χ2n) is 13.9. The smallest absolute Gasteiger partial charge is 0.410 e. The van der Waals surface area contributed by atoms with Crippen molar-refractivity contribution >= 4 is 30.7 Å². The van der Waals surface area contributed by atoms with Gasteiger partial charge in [-0.15, -0.1) is 0 Å². The molecule has 1 saturated heterocycles. The number of aliphatic carboxylic acids is 1. The normalized spacial score (nSPS) is 17.2. The van der Waals surface area contributed by atoms with Crippen LogP contribution < -0.4 is 5.73 Å². The summed E-state index contributed by atoms with van der Waals surface area (Å²) in [4.78, 5) is 26.5. The number of piperidine rings is 1.